The first-order valence-electron chi connectivity index (χ1n) is 5.00. The minimum absolute atomic E-state index is 0.134. The van der Waals surface area contributed by atoms with Crippen molar-refractivity contribution in [3.8, 4) is 11.3 Å². The van der Waals surface area contributed by atoms with Crippen molar-refractivity contribution in [2.75, 3.05) is 5.73 Å². The molecular weight excluding hydrogens is 218 g/mol. The first-order chi connectivity index (χ1) is 8.09. The summed E-state index contributed by atoms with van der Waals surface area (Å²) < 4.78 is 0. The number of pyridine rings is 2. The lowest BCUT2D eigenvalue weighted by atomic mass is 10.1. The van der Waals surface area contributed by atoms with Crippen molar-refractivity contribution < 1.29 is 9.90 Å². The summed E-state index contributed by atoms with van der Waals surface area (Å²) in [5.41, 5.74) is 7.91. The van der Waals surface area contributed by atoms with Crippen LogP contribution in [0.2, 0.25) is 0 Å². The second-order valence-electron chi connectivity index (χ2n) is 3.63. The van der Waals surface area contributed by atoms with Gasteiger partial charge in [0.15, 0.2) is 5.69 Å². The van der Waals surface area contributed by atoms with Crippen LogP contribution in [-0.2, 0) is 0 Å². The number of hydrogen-bond donors (Lipinski definition) is 2. The molecule has 0 aromatic carbocycles. The van der Waals surface area contributed by atoms with Gasteiger partial charge in [-0.25, -0.2) is 9.78 Å². The quantitative estimate of drug-likeness (QED) is 0.818. The zero-order valence-electron chi connectivity index (χ0n) is 9.21. The smallest absolute Gasteiger partial charge is 0.356 e. The summed E-state index contributed by atoms with van der Waals surface area (Å²) in [7, 11) is 0. The average Bonchev–Trinajstić information content (AvgIpc) is 2.30. The molecule has 0 aliphatic heterocycles. The van der Waals surface area contributed by atoms with Crippen molar-refractivity contribution in [2.45, 2.75) is 6.92 Å². The second-order valence-corrected chi connectivity index (χ2v) is 3.63. The van der Waals surface area contributed by atoms with E-state index in [-0.39, 0.29) is 11.4 Å². The predicted molar refractivity (Wildman–Crippen MR) is 63.6 cm³/mol. The number of aryl methyl sites for hydroxylation is 1. The van der Waals surface area contributed by atoms with Gasteiger partial charge in [0.2, 0.25) is 0 Å². The maximum atomic E-state index is 10.9. The van der Waals surface area contributed by atoms with Crippen LogP contribution < -0.4 is 5.73 Å². The molecule has 0 fully saturated rings. The number of aromatic nitrogens is 2. The molecule has 5 nitrogen and oxygen atoms in total. The van der Waals surface area contributed by atoms with Crippen LogP contribution in [0.5, 0.6) is 0 Å². The molecule has 0 aliphatic rings. The number of nitrogens with two attached hydrogens (primary N) is 1. The summed E-state index contributed by atoms with van der Waals surface area (Å²) in [5, 5.41) is 8.95. The van der Waals surface area contributed by atoms with Crippen LogP contribution in [-0.4, -0.2) is 21.0 Å². The third-order valence-electron chi connectivity index (χ3n) is 2.44. The Hall–Kier alpha value is -2.43. The monoisotopic (exact) mass is 229 g/mol. The lowest BCUT2D eigenvalue weighted by molar-refractivity contribution is 0.0692. The summed E-state index contributed by atoms with van der Waals surface area (Å²) in [6.45, 7) is 1.91. The number of hydrogen-bond acceptors (Lipinski definition) is 4. The van der Waals surface area contributed by atoms with Crippen molar-refractivity contribution in [3.05, 3.63) is 41.9 Å². The first-order valence-corrected chi connectivity index (χ1v) is 5.00. The molecule has 0 saturated carbocycles. The van der Waals surface area contributed by atoms with E-state index in [2.05, 4.69) is 9.97 Å². The molecule has 5 heteroatoms. The minimum Gasteiger partial charge on any atom is -0.476 e. The van der Waals surface area contributed by atoms with E-state index in [0.717, 1.165) is 11.1 Å². The largest absolute Gasteiger partial charge is 0.476 e. The Balaban J connectivity index is 2.58. The van der Waals surface area contributed by atoms with E-state index in [1.54, 1.807) is 18.5 Å². The molecular formula is C12H11N3O2. The Morgan fingerprint density at radius 1 is 1.35 bits per heavy atom. The van der Waals surface area contributed by atoms with Crippen molar-refractivity contribution in [1.29, 1.82) is 0 Å². The van der Waals surface area contributed by atoms with Gasteiger partial charge in [0, 0.05) is 18.0 Å². The molecule has 0 saturated heterocycles. The molecule has 0 bridgehead atoms. The maximum Gasteiger partial charge on any atom is 0.356 e. The lowest BCUT2D eigenvalue weighted by Crippen LogP contribution is -2.06. The standard InChI is InChI=1S/C12H11N3O2/c1-7-4-5-14-6-8(7)10-3-2-9(13)11(15-10)12(16)17/h2-6H,13H2,1H3,(H,16,17). The number of carboxylic acids is 1. The van der Waals surface area contributed by atoms with Gasteiger partial charge in [0.1, 0.15) is 0 Å². The normalized spacial score (nSPS) is 10.2. The molecule has 0 spiro atoms. The fourth-order valence-corrected chi connectivity index (χ4v) is 1.52. The number of aromatic carboxylic acids is 1. The Morgan fingerprint density at radius 3 is 2.76 bits per heavy atom. The van der Waals surface area contributed by atoms with Crippen LogP contribution in [0.1, 0.15) is 16.1 Å². The number of nitrogen functional groups attached to an aromatic ring is 1. The fourth-order valence-electron chi connectivity index (χ4n) is 1.52. The summed E-state index contributed by atoms with van der Waals surface area (Å²) in [5.74, 6) is -1.13. The van der Waals surface area contributed by atoms with Crippen molar-refractivity contribution in [1.82, 2.24) is 9.97 Å². The Morgan fingerprint density at radius 2 is 2.12 bits per heavy atom. The number of rotatable bonds is 2. The van der Waals surface area contributed by atoms with E-state index >= 15 is 0 Å². The second kappa shape index (κ2) is 4.21. The molecule has 2 aromatic rings. The van der Waals surface area contributed by atoms with Crippen LogP contribution in [0, 0.1) is 6.92 Å². The fraction of sp³-hybridized carbons (Fsp3) is 0.0833. The number of nitrogens with zero attached hydrogens (tertiary/aromatic N) is 2. The molecule has 0 radical (unpaired) electrons. The van der Waals surface area contributed by atoms with E-state index in [4.69, 9.17) is 10.8 Å². The summed E-state index contributed by atoms with van der Waals surface area (Å²) in [6.07, 6.45) is 3.33. The minimum atomic E-state index is -1.13. The van der Waals surface area contributed by atoms with Crippen LogP contribution in [0.25, 0.3) is 11.3 Å². The highest BCUT2D eigenvalue weighted by atomic mass is 16.4. The molecule has 0 unspecified atom stereocenters. The molecule has 3 N–H and O–H groups in total. The number of anilines is 1. The van der Waals surface area contributed by atoms with Gasteiger partial charge in [-0.3, -0.25) is 4.98 Å². The molecule has 2 rings (SSSR count). The van der Waals surface area contributed by atoms with E-state index in [0.29, 0.717) is 5.69 Å². The highest BCUT2D eigenvalue weighted by Crippen LogP contribution is 2.22. The van der Waals surface area contributed by atoms with Crippen LogP contribution in [0.15, 0.2) is 30.6 Å². The van der Waals surface area contributed by atoms with Gasteiger partial charge in [-0.15, -0.1) is 0 Å². The lowest BCUT2D eigenvalue weighted by Gasteiger charge is -2.06. The van der Waals surface area contributed by atoms with Crippen LogP contribution in [0.3, 0.4) is 0 Å². The van der Waals surface area contributed by atoms with Crippen molar-refractivity contribution in [3.63, 3.8) is 0 Å². The third-order valence-corrected chi connectivity index (χ3v) is 2.44. The zero-order valence-corrected chi connectivity index (χ0v) is 9.21. The average molecular weight is 229 g/mol. The van der Waals surface area contributed by atoms with E-state index in [1.807, 2.05) is 13.0 Å². The Kier molecular flexibility index (Phi) is 2.74. The molecule has 0 amide bonds. The van der Waals surface area contributed by atoms with Gasteiger partial charge >= 0.3 is 5.97 Å². The number of carboxylic acid groups (broad SMARTS) is 1. The molecule has 17 heavy (non-hydrogen) atoms. The van der Waals surface area contributed by atoms with E-state index in [9.17, 15) is 4.79 Å². The van der Waals surface area contributed by atoms with Crippen molar-refractivity contribution in [2.24, 2.45) is 0 Å². The molecule has 0 aliphatic carbocycles. The SMILES string of the molecule is Cc1ccncc1-c1ccc(N)c(C(=O)O)n1. The van der Waals surface area contributed by atoms with Gasteiger partial charge in [0.25, 0.3) is 0 Å². The molecule has 0 atom stereocenters. The summed E-state index contributed by atoms with van der Waals surface area (Å²) in [4.78, 5) is 19.0. The van der Waals surface area contributed by atoms with E-state index < -0.39 is 5.97 Å². The van der Waals surface area contributed by atoms with Crippen LogP contribution in [0.4, 0.5) is 5.69 Å². The molecule has 2 heterocycles. The molecule has 2 aromatic heterocycles. The highest BCUT2D eigenvalue weighted by Gasteiger charge is 2.12. The Labute approximate surface area is 98.0 Å². The highest BCUT2D eigenvalue weighted by molar-refractivity contribution is 5.92. The van der Waals surface area contributed by atoms with Crippen LogP contribution >= 0.6 is 0 Å². The van der Waals surface area contributed by atoms with Crippen molar-refractivity contribution >= 4 is 11.7 Å². The molecule has 86 valence electrons. The maximum absolute atomic E-state index is 10.9. The predicted octanol–water partition coefficient (Wildman–Crippen LogP) is 1.73. The van der Waals surface area contributed by atoms with Gasteiger partial charge < -0.3 is 10.8 Å². The third kappa shape index (κ3) is 2.08. The van der Waals surface area contributed by atoms with Gasteiger partial charge in [0.05, 0.1) is 11.4 Å². The van der Waals surface area contributed by atoms with Gasteiger partial charge in [-0.05, 0) is 30.7 Å². The number of carbonyl (C=O) groups is 1. The first kappa shape index (κ1) is 11.1. The van der Waals surface area contributed by atoms with E-state index in [1.165, 1.54) is 6.07 Å². The zero-order chi connectivity index (χ0) is 12.4. The van der Waals surface area contributed by atoms with Gasteiger partial charge in [-0.1, -0.05) is 0 Å². The Bertz CT molecular complexity index is 582. The summed E-state index contributed by atoms with van der Waals surface area (Å²) in [6, 6.07) is 5.07. The van der Waals surface area contributed by atoms with Gasteiger partial charge in [-0.2, -0.15) is 0 Å². The summed E-state index contributed by atoms with van der Waals surface area (Å²) >= 11 is 0. The topological polar surface area (TPSA) is 89.1 Å².